The Balaban J connectivity index is 0.000000212. The van der Waals surface area contributed by atoms with Gasteiger partial charge in [0.05, 0.1) is 21.1 Å². The number of benzene rings is 1. The van der Waals surface area contributed by atoms with Crippen molar-refractivity contribution < 1.29 is 9.90 Å². The van der Waals surface area contributed by atoms with Gasteiger partial charge in [-0.1, -0.05) is 34.7 Å². The summed E-state index contributed by atoms with van der Waals surface area (Å²) < 4.78 is 0.451. The SMILES string of the molecule is O=C(O)NCI.c1ccc2[nH]c(-c3cscn3)nc2c1. The minimum atomic E-state index is -0.968. The molecule has 0 aliphatic carbocycles. The number of carbonyl (C=O) groups is 1. The molecule has 1 amide bonds. The first-order valence-corrected chi connectivity index (χ1v) is 8.03. The molecule has 0 unspecified atom stereocenters. The number of alkyl halides is 1. The number of hydrogen-bond donors (Lipinski definition) is 3. The highest BCUT2D eigenvalue weighted by molar-refractivity contribution is 14.1. The standard InChI is InChI=1S/C10H7N3S.C2H4INO2/c1-2-4-8-7(3-1)12-10(13-8)9-5-14-6-11-9;3-1-4-2(5)6/h1-6H,(H,12,13);4H,1H2,(H,5,6). The van der Waals surface area contributed by atoms with Gasteiger partial charge in [-0.25, -0.2) is 14.8 Å². The molecule has 2 aromatic heterocycles. The number of halogens is 1. The van der Waals surface area contributed by atoms with Gasteiger partial charge in [-0.2, -0.15) is 0 Å². The zero-order chi connectivity index (χ0) is 14.4. The quantitative estimate of drug-likeness (QED) is 0.349. The number of nitrogens with zero attached hydrogens (tertiary/aromatic N) is 2. The number of para-hydroxylation sites is 2. The number of nitrogens with one attached hydrogen (secondary N) is 2. The van der Waals surface area contributed by atoms with Crippen molar-refractivity contribution in [3.05, 3.63) is 35.2 Å². The molecule has 0 atom stereocenters. The van der Waals surface area contributed by atoms with E-state index in [-0.39, 0.29) is 0 Å². The predicted molar refractivity (Wildman–Crippen MR) is 87.2 cm³/mol. The summed E-state index contributed by atoms with van der Waals surface area (Å²) >= 11 is 3.48. The van der Waals surface area contributed by atoms with Gasteiger partial charge in [0.15, 0.2) is 5.82 Å². The Labute approximate surface area is 132 Å². The number of carboxylic acid groups (broad SMARTS) is 1. The molecule has 0 bridgehead atoms. The van der Waals surface area contributed by atoms with Gasteiger partial charge in [-0.15, -0.1) is 11.3 Å². The molecule has 2 heterocycles. The van der Waals surface area contributed by atoms with Gasteiger partial charge in [0.2, 0.25) is 0 Å². The summed E-state index contributed by atoms with van der Waals surface area (Å²) in [6.07, 6.45) is -0.968. The molecule has 3 aromatic rings. The van der Waals surface area contributed by atoms with Crippen LogP contribution < -0.4 is 5.32 Å². The lowest BCUT2D eigenvalue weighted by molar-refractivity contribution is 0.196. The molecule has 0 saturated carbocycles. The third-order valence-corrected chi connectivity index (χ3v) is 3.25. The maximum Gasteiger partial charge on any atom is 0.405 e. The van der Waals surface area contributed by atoms with E-state index in [1.54, 1.807) is 11.3 Å². The van der Waals surface area contributed by atoms with Crippen LogP contribution in [-0.4, -0.2) is 30.7 Å². The fraction of sp³-hybridized carbons (Fsp3) is 0.0833. The van der Waals surface area contributed by atoms with Crippen LogP contribution in [0.4, 0.5) is 4.79 Å². The highest BCUT2D eigenvalue weighted by Gasteiger charge is 2.05. The van der Waals surface area contributed by atoms with E-state index in [1.165, 1.54) is 0 Å². The molecule has 0 spiro atoms. The Kier molecular flexibility index (Phi) is 5.30. The summed E-state index contributed by atoms with van der Waals surface area (Å²) in [5.74, 6) is 0.840. The second-order valence-electron chi connectivity index (χ2n) is 3.59. The van der Waals surface area contributed by atoms with Crippen LogP contribution in [0.2, 0.25) is 0 Å². The van der Waals surface area contributed by atoms with Crippen LogP contribution in [0.1, 0.15) is 0 Å². The fourth-order valence-electron chi connectivity index (χ4n) is 1.46. The average Bonchev–Trinajstić information content (AvgIpc) is 3.08. The fourth-order valence-corrected chi connectivity index (χ4v) is 2.32. The maximum absolute atomic E-state index is 9.48. The van der Waals surface area contributed by atoms with Crippen LogP contribution in [0.25, 0.3) is 22.6 Å². The summed E-state index contributed by atoms with van der Waals surface area (Å²) in [6.45, 7) is 0. The number of aromatic nitrogens is 3. The van der Waals surface area contributed by atoms with Gasteiger partial charge in [-0.05, 0) is 12.1 Å². The van der Waals surface area contributed by atoms with Crippen LogP contribution in [0.3, 0.4) is 0 Å². The molecule has 8 heteroatoms. The summed E-state index contributed by atoms with van der Waals surface area (Å²) in [5, 5.41) is 11.9. The van der Waals surface area contributed by atoms with E-state index in [0.717, 1.165) is 22.6 Å². The van der Waals surface area contributed by atoms with Crippen LogP contribution >= 0.6 is 33.9 Å². The molecule has 0 saturated heterocycles. The lowest BCUT2D eigenvalue weighted by atomic mass is 10.3. The summed E-state index contributed by atoms with van der Waals surface area (Å²) in [6, 6.07) is 7.97. The first kappa shape index (κ1) is 14.7. The molecule has 0 aliphatic rings. The van der Waals surface area contributed by atoms with Gasteiger partial charge in [0.25, 0.3) is 0 Å². The number of thiazole rings is 1. The van der Waals surface area contributed by atoms with Gasteiger partial charge in [0.1, 0.15) is 5.69 Å². The third-order valence-electron chi connectivity index (χ3n) is 2.28. The third kappa shape index (κ3) is 3.90. The topological polar surface area (TPSA) is 90.9 Å². The molecule has 0 fully saturated rings. The normalized spacial score (nSPS) is 9.85. The zero-order valence-corrected chi connectivity index (χ0v) is 13.2. The average molecular weight is 402 g/mol. The van der Waals surface area contributed by atoms with Crippen molar-refractivity contribution in [1.29, 1.82) is 0 Å². The smallest absolute Gasteiger partial charge is 0.405 e. The van der Waals surface area contributed by atoms with Crippen molar-refractivity contribution >= 4 is 51.1 Å². The largest absolute Gasteiger partial charge is 0.465 e. The van der Waals surface area contributed by atoms with Crippen LogP contribution in [0.15, 0.2) is 35.2 Å². The molecule has 20 heavy (non-hydrogen) atoms. The van der Waals surface area contributed by atoms with Crippen molar-refractivity contribution in [3.63, 3.8) is 0 Å². The molecular weight excluding hydrogens is 391 g/mol. The van der Waals surface area contributed by atoms with Gasteiger partial charge in [-0.3, -0.25) is 0 Å². The first-order valence-electron chi connectivity index (χ1n) is 5.56. The number of fused-ring (bicyclic) bond motifs is 1. The lowest BCUT2D eigenvalue weighted by Gasteiger charge is -1.85. The van der Waals surface area contributed by atoms with Crippen LogP contribution in [0.5, 0.6) is 0 Å². The van der Waals surface area contributed by atoms with Crippen LogP contribution in [0, 0.1) is 0 Å². The van der Waals surface area contributed by atoms with E-state index >= 15 is 0 Å². The zero-order valence-electron chi connectivity index (χ0n) is 10.2. The Hall–Kier alpha value is -1.68. The monoisotopic (exact) mass is 402 g/mol. The number of amides is 1. The summed E-state index contributed by atoms with van der Waals surface area (Å²) in [4.78, 5) is 21.4. The lowest BCUT2D eigenvalue weighted by Crippen LogP contribution is -2.17. The number of rotatable bonds is 2. The van der Waals surface area contributed by atoms with E-state index in [4.69, 9.17) is 5.11 Å². The number of H-pyrrole nitrogens is 1. The predicted octanol–water partition coefficient (Wildman–Crippen LogP) is 3.33. The van der Waals surface area contributed by atoms with E-state index in [9.17, 15) is 4.79 Å². The molecule has 1 aromatic carbocycles. The van der Waals surface area contributed by atoms with Gasteiger partial charge < -0.3 is 15.4 Å². The minimum Gasteiger partial charge on any atom is -0.465 e. The first-order chi connectivity index (χ1) is 9.70. The van der Waals surface area contributed by atoms with Crippen molar-refractivity contribution in [2.75, 3.05) is 4.55 Å². The Morgan fingerprint density at radius 2 is 2.25 bits per heavy atom. The summed E-state index contributed by atoms with van der Waals surface area (Å²) in [5.41, 5.74) is 4.75. The van der Waals surface area contributed by atoms with Crippen molar-refractivity contribution in [2.45, 2.75) is 0 Å². The minimum absolute atomic E-state index is 0.451. The molecule has 3 rings (SSSR count). The van der Waals surface area contributed by atoms with E-state index < -0.39 is 6.09 Å². The van der Waals surface area contributed by atoms with E-state index in [2.05, 4.69) is 20.3 Å². The van der Waals surface area contributed by atoms with Crippen molar-refractivity contribution in [3.8, 4) is 11.5 Å². The molecule has 0 aliphatic heterocycles. The van der Waals surface area contributed by atoms with Crippen molar-refractivity contribution in [1.82, 2.24) is 20.3 Å². The number of imidazole rings is 1. The number of aromatic amines is 1. The highest BCUT2D eigenvalue weighted by Crippen LogP contribution is 2.19. The van der Waals surface area contributed by atoms with Gasteiger partial charge >= 0.3 is 6.09 Å². The molecule has 104 valence electrons. The maximum atomic E-state index is 9.48. The molecule has 0 radical (unpaired) electrons. The number of hydrogen-bond acceptors (Lipinski definition) is 4. The second kappa shape index (κ2) is 7.20. The Morgan fingerprint density at radius 1 is 1.45 bits per heavy atom. The Morgan fingerprint density at radius 3 is 2.80 bits per heavy atom. The van der Waals surface area contributed by atoms with Crippen molar-refractivity contribution in [2.24, 2.45) is 0 Å². The highest BCUT2D eigenvalue weighted by atomic mass is 127. The molecule has 6 nitrogen and oxygen atoms in total. The molecular formula is C12H11IN4O2S. The second-order valence-corrected chi connectivity index (χ2v) is 5.07. The molecule has 3 N–H and O–H groups in total. The van der Waals surface area contributed by atoms with E-state index in [0.29, 0.717) is 4.55 Å². The Bertz CT molecular complexity index is 651. The summed E-state index contributed by atoms with van der Waals surface area (Å²) in [7, 11) is 0. The van der Waals surface area contributed by atoms with E-state index in [1.807, 2.05) is 57.7 Å². The van der Waals surface area contributed by atoms with Crippen LogP contribution in [-0.2, 0) is 0 Å². The van der Waals surface area contributed by atoms with Gasteiger partial charge in [0, 0.05) is 5.38 Å².